The van der Waals surface area contributed by atoms with Gasteiger partial charge in [0.1, 0.15) is 0 Å². The van der Waals surface area contributed by atoms with E-state index in [-0.39, 0.29) is 0 Å². The van der Waals surface area contributed by atoms with Crippen molar-refractivity contribution in [3.05, 3.63) is 11.9 Å². The first-order valence-corrected chi connectivity index (χ1v) is 3.88. The van der Waals surface area contributed by atoms with Gasteiger partial charge in [-0.2, -0.15) is 12.6 Å². The Kier molecular flexibility index (Phi) is 2.32. The van der Waals surface area contributed by atoms with Gasteiger partial charge in [0.15, 0.2) is 0 Å². The van der Waals surface area contributed by atoms with Crippen LogP contribution in [-0.4, -0.2) is 15.0 Å². The third-order valence-electron chi connectivity index (χ3n) is 1.29. The number of aromatic nitrogens is 3. The molecule has 0 saturated heterocycles. The quantitative estimate of drug-likeness (QED) is 0.656. The largest absolute Gasteiger partial charge is 0.243 e. The van der Waals surface area contributed by atoms with Crippen molar-refractivity contribution >= 4 is 12.6 Å². The van der Waals surface area contributed by atoms with Crippen LogP contribution in [0, 0.1) is 0 Å². The van der Waals surface area contributed by atoms with Crippen molar-refractivity contribution in [1.82, 2.24) is 15.0 Å². The Labute approximate surface area is 65.8 Å². The van der Waals surface area contributed by atoms with Crippen LogP contribution >= 0.6 is 12.6 Å². The van der Waals surface area contributed by atoms with E-state index in [1.807, 2.05) is 6.20 Å². The van der Waals surface area contributed by atoms with E-state index in [0.717, 1.165) is 5.69 Å². The average molecular weight is 157 g/mol. The van der Waals surface area contributed by atoms with Crippen LogP contribution in [0.3, 0.4) is 0 Å². The molecule has 0 spiro atoms. The Morgan fingerprint density at radius 3 is 2.70 bits per heavy atom. The third kappa shape index (κ3) is 1.50. The smallest absolute Gasteiger partial charge is 0.0852 e. The molecule has 1 rings (SSSR count). The van der Waals surface area contributed by atoms with Crippen molar-refractivity contribution in [1.29, 1.82) is 0 Å². The van der Waals surface area contributed by atoms with Crippen LogP contribution in [0.5, 0.6) is 0 Å². The predicted octanol–water partition coefficient (Wildman–Crippen LogP) is 1.29. The highest BCUT2D eigenvalue weighted by molar-refractivity contribution is 7.79. The molecule has 4 heteroatoms. The standard InChI is InChI=1S/C6H11N3S/c1-5(2)6-3-9(4-10)8-7-6/h3,5,10H,4H2,1-2H3. The summed E-state index contributed by atoms with van der Waals surface area (Å²) in [5.41, 5.74) is 1.02. The summed E-state index contributed by atoms with van der Waals surface area (Å²) in [6.07, 6.45) is 1.91. The lowest BCUT2D eigenvalue weighted by molar-refractivity contribution is 0.700. The molecule has 0 amide bonds. The Hall–Kier alpha value is -0.510. The molecule has 56 valence electrons. The fourth-order valence-corrected chi connectivity index (χ4v) is 0.785. The second-order valence-corrected chi connectivity index (χ2v) is 2.76. The molecule has 0 aromatic carbocycles. The minimum atomic E-state index is 0.452. The van der Waals surface area contributed by atoms with Crippen molar-refractivity contribution in [3.63, 3.8) is 0 Å². The lowest BCUT2D eigenvalue weighted by atomic mass is 10.2. The molecule has 0 radical (unpaired) electrons. The Balaban J connectivity index is 2.78. The van der Waals surface area contributed by atoms with Crippen molar-refractivity contribution in [2.75, 3.05) is 0 Å². The normalized spacial score (nSPS) is 10.8. The molecule has 0 unspecified atom stereocenters. The molecule has 0 saturated carbocycles. The predicted molar refractivity (Wildman–Crippen MR) is 43.1 cm³/mol. The maximum absolute atomic E-state index is 4.05. The molecule has 0 aliphatic heterocycles. The summed E-state index contributed by atoms with van der Waals surface area (Å²) >= 11 is 4.05. The Morgan fingerprint density at radius 2 is 2.40 bits per heavy atom. The van der Waals surface area contributed by atoms with Gasteiger partial charge in [0.25, 0.3) is 0 Å². The molecule has 0 N–H and O–H groups in total. The van der Waals surface area contributed by atoms with Gasteiger partial charge < -0.3 is 0 Å². The number of thiol groups is 1. The van der Waals surface area contributed by atoms with Crippen molar-refractivity contribution in [3.8, 4) is 0 Å². The van der Waals surface area contributed by atoms with Crippen LogP contribution < -0.4 is 0 Å². The number of rotatable bonds is 2. The minimum Gasteiger partial charge on any atom is -0.243 e. The van der Waals surface area contributed by atoms with Crippen LogP contribution in [0.1, 0.15) is 25.5 Å². The maximum atomic E-state index is 4.05. The fourth-order valence-electron chi connectivity index (χ4n) is 0.647. The zero-order valence-electron chi connectivity index (χ0n) is 6.15. The summed E-state index contributed by atoms with van der Waals surface area (Å²) < 4.78 is 1.71. The van der Waals surface area contributed by atoms with Crippen molar-refractivity contribution in [2.24, 2.45) is 0 Å². The summed E-state index contributed by atoms with van der Waals surface area (Å²) in [4.78, 5) is 0. The van der Waals surface area contributed by atoms with Gasteiger partial charge in [-0.1, -0.05) is 19.1 Å². The van der Waals surface area contributed by atoms with E-state index >= 15 is 0 Å². The summed E-state index contributed by atoms with van der Waals surface area (Å²) in [6, 6.07) is 0. The van der Waals surface area contributed by atoms with Crippen LogP contribution in [0.4, 0.5) is 0 Å². The molecule has 1 aromatic rings. The van der Waals surface area contributed by atoms with E-state index in [9.17, 15) is 0 Å². The first-order valence-electron chi connectivity index (χ1n) is 3.25. The van der Waals surface area contributed by atoms with Crippen LogP contribution in [0.2, 0.25) is 0 Å². The third-order valence-corrected chi connectivity index (χ3v) is 1.58. The highest BCUT2D eigenvalue weighted by Gasteiger charge is 2.02. The summed E-state index contributed by atoms with van der Waals surface area (Å²) in [5, 5.41) is 7.80. The molecular formula is C6H11N3S. The zero-order chi connectivity index (χ0) is 7.56. The summed E-state index contributed by atoms with van der Waals surface area (Å²) in [5.74, 6) is 1.05. The Bertz CT molecular complexity index is 207. The van der Waals surface area contributed by atoms with E-state index in [4.69, 9.17) is 0 Å². The first-order chi connectivity index (χ1) is 4.74. The van der Waals surface area contributed by atoms with E-state index in [0.29, 0.717) is 11.8 Å². The number of hydrogen-bond acceptors (Lipinski definition) is 3. The monoisotopic (exact) mass is 157 g/mol. The van der Waals surface area contributed by atoms with E-state index in [2.05, 4.69) is 36.8 Å². The van der Waals surface area contributed by atoms with Gasteiger partial charge in [-0.15, -0.1) is 5.10 Å². The second-order valence-electron chi connectivity index (χ2n) is 2.48. The maximum Gasteiger partial charge on any atom is 0.0852 e. The minimum absolute atomic E-state index is 0.452. The van der Waals surface area contributed by atoms with Crippen LogP contribution in [-0.2, 0) is 5.88 Å². The average Bonchev–Trinajstić information content (AvgIpc) is 2.34. The molecular weight excluding hydrogens is 146 g/mol. The van der Waals surface area contributed by atoms with E-state index < -0.39 is 0 Å². The summed E-state index contributed by atoms with van der Waals surface area (Å²) in [6.45, 7) is 4.18. The van der Waals surface area contributed by atoms with E-state index in [1.54, 1.807) is 4.68 Å². The lowest BCUT2D eigenvalue weighted by Gasteiger charge is -1.94. The zero-order valence-corrected chi connectivity index (χ0v) is 7.05. The fraction of sp³-hybridized carbons (Fsp3) is 0.667. The molecule has 0 aliphatic carbocycles. The number of hydrogen-bond donors (Lipinski definition) is 1. The van der Waals surface area contributed by atoms with Gasteiger partial charge in [0, 0.05) is 6.20 Å². The van der Waals surface area contributed by atoms with Gasteiger partial charge in [-0.05, 0) is 5.92 Å². The SMILES string of the molecule is CC(C)c1cn(CS)nn1. The molecule has 0 bridgehead atoms. The Morgan fingerprint density at radius 1 is 1.70 bits per heavy atom. The molecule has 1 aromatic heterocycles. The summed E-state index contributed by atoms with van der Waals surface area (Å²) in [7, 11) is 0. The number of nitrogens with zero attached hydrogens (tertiary/aromatic N) is 3. The van der Waals surface area contributed by atoms with Gasteiger partial charge in [0.2, 0.25) is 0 Å². The van der Waals surface area contributed by atoms with E-state index in [1.165, 1.54) is 0 Å². The van der Waals surface area contributed by atoms with Gasteiger partial charge >= 0.3 is 0 Å². The van der Waals surface area contributed by atoms with Crippen molar-refractivity contribution in [2.45, 2.75) is 25.6 Å². The highest BCUT2D eigenvalue weighted by Crippen LogP contribution is 2.08. The van der Waals surface area contributed by atoms with Crippen LogP contribution in [0.25, 0.3) is 0 Å². The van der Waals surface area contributed by atoms with Gasteiger partial charge in [-0.3, -0.25) is 0 Å². The topological polar surface area (TPSA) is 30.7 Å². The molecule has 3 nitrogen and oxygen atoms in total. The molecule has 0 fully saturated rings. The highest BCUT2D eigenvalue weighted by atomic mass is 32.1. The molecule has 0 atom stereocenters. The van der Waals surface area contributed by atoms with Gasteiger partial charge in [0.05, 0.1) is 11.6 Å². The van der Waals surface area contributed by atoms with Crippen molar-refractivity contribution < 1.29 is 0 Å². The second kappa shape index (κ2) is 3.05. The van der Waals surface area contributed by atoms with Crippen LogP contribution in [0.15, 0.2) is 6.20 Å². The molecule has 1 heterocycles. The first kappa shape index (κ1) is 7.60. The molecule has 0 aliphatic rings. The van der Waals surface area contributed by atoms with Gasteiger partial charge in [-0.25, -0.2) is 4.68 Å². The molecule has 10 heavy (non-hydrogen) atoms. The lowest BCUT2D eigenvalue weighted by Crippen LogP contribution is -1.91.